The van der Waals surface area contributed by atoms with Crippen molar-refractivity contribution < 1.29 is 20.4 Å². The first-order valence-electron chi connectivity index (χ1n) is 10.1. The number of likely N-dealkylation sites (tertiary alicyclic amines) is 1. The largest absolute Gasteiger partial charge is 0.379 e. The van der Waals surface area contributed by atoms with Crippen molar-refractivity contribution in [2.45, 2.75) is 45.6 Å². The second-order valence-electron chi connectivity index (χ2n) is 6.48. The summed E-state index contributed by atoms with van der Waals surface area (Å²) in [6, 6.07) is 0.709. The number of hydrogen-bond acceptors (Lipinski definition) is 6. The van der Waals surface area contributed by atoms with E-state index in [1.54, 1.807) is 0 Å². The SMILES string of the molecule is CCCCOCCOCCOCCOCCN1CCC(NCC)CC1.S.[HH]. The van der Waals surface area contributed by atoms with Crippen molar-refractivity contribution in [2.24, 2.45) is 0 Å². The molecule has 1 rings (SSSR count). The molecule has 160 valence electrons. The molecule has 0 unspecified atom stereocenters. The maximum atomic E-state index is 5.65. The highest BCUT2D eigenvalue weighted by atomic mass is 32.1. The van der Waals surface area contributed by atoms with E-state index in [1.807, 2.05) is 0 Å². The molecule has 7 heteroatoms. The van der Waals surface area contributed by atoms with Crippen molar-refractivity contribution in [3.05, 3.63) is 0 Å². The summed E-state index contributed by atoms with van der Waals surface area (Å²) in [5, 5.41) is 3.53. The lowest BCUT2D eigenvalue weighted by molar-refractivity contribution is -0.00467. The van der Waals surface area contributed by atoms with Gasteiger partial charge in [0, 0.05) is 20.6 Å². The summed E-state index contributed by atoms with van der Waals surface area (Å²) in [4.78, 5) is 2.49. The zero-order valence-electron chi connectivity index (χ0n) is 17.0. The van der Waals surface area contributed by atoms with Crippen molar-refractivity contribution in [3.8, 4) is 0 Å². The number of ether oxygens (including phenoxy) is 4. The third-order valence-corrected chi connectivity index (χ3v) is 4.39. The molecule has 1 saturated heterocycles. The van der Waals surface area contributed by atoms with Crippen LogP contribution in [0.2, 0.25) is 0 Å². The molecule has 0 saturated carbocycles. The smallest absolute Gasteiger partial charge is 0.0701 e. The Morgan fingerprint density at radius 2 is 1.31 bits per heavy atom. The predicted octanol–water partition coefficient (Wildman–Crippen LogP) is 2.29. The third kappa shape index (κ3) is 15.2. The molecule has 0 radical (unpaired) electrons. The van der Waals surface area contributed by atoms with E-state index >= 15 is 0 Å². The topological polar surface area (TPSA) is 52.2 Å². The molecule has 1 aliphatic heterocycles. The van der Waals surface area contributed by atoms with Gasteiger partial charge in [0.1, 0.15) is 0 Å². The van der Waals surface area contributed by atoms with E-state index in [0.29, 0.717) is 45.7 Å². The summed E-state index contributed by atoms with van der Waals surface area (Å²) in [6.45, 7) is 14.3. The summed E-state index contributed by atoms with van der Waals surface area (Å²) >= 11 is 0. The van der Waals surface area contributed by atoms with E-state index in [0.717, 1.165) is 32.7 Å². The lowest BCUT2D eigenvalue weighted by Gasteiger charge is -2.32. The first-order chi connectivity index (χ1) is 12.4. The van der Waals surface area contributed by atoms with Crippen LogP contribution >= 0.6 is 13.5 Å². The van der Waals surface area contributed by atoms with E-state index in [-0.39, 0.29) is 14.9 Å². The zero-order valence-corrected chi connectivity index (χ0v) is 18.0. The van der Waals surface area contributed by atoms with Gasteiger partial charge >= 0.3 is 0 Å². The Bertz CT molecular complexity index is 286. The first-order valence-corrected chi connectivity index (χ1v) is 10.1. The molecule has 0 aromatic rings. The van der Waals surface area contributed by atoms with Crippen LogP contribution in [0.5, 0.6) is 0 Å². The van der Waals surface area contributed by atoms with Gasteiger partial charge in [0.05, 0.1) is 46.2 Å². The first kappa shape index (κ1) is 26.1. The van der Waals surface area contributed by atoms with Gasteiger partial charge in [-0.15, -0.1) is 0 Å². The summed E-state index contributed by atoms with van der Waals surface area (Å²) < 4.78 is 22.0. The molecule has 0 aromatic heterocycles. The van der Waals surface area contributed by atoms with Crippen LogP contribution in [-0.2, 0) is 18.9 Å². The van der Waals surface area contributed by atoms with Crippen LogP contribution in [-0.4, -0.2) is 90.0 Å². The lowest BCUT2D eigenvalue weighted by atomic mass is 10.1. The van der Waals surface area contributed by atoms with Crippen LogP contribution in [0.4, 0.5) is 0 Å². The Morgan fingerprint density at radius 1 is 0.808 bits per heavy atom. The van der Waals surface area contributed by atoms with Crippen molar-refractivity contribution in [2.75, 3.05) is 79.0 Å². The summed E-state index contributed by atoms with van der Waals surface area (Å²) in [5.74, 6) is 0. The van der Waals surface area contributed by atoms with Gasteiger partial charge < -0.3 is 29.2 Å². The van der Waals surface area contributed by atoms with Gasteiger partial charge in [0.25, 0.3) is 0 Å². The molecular formula is C19H44N2O4S. The number of unbranched alkanes of at least 4 members (excludes halogenated alkanes) is 1. The molecule has 0 spiro atoms. The van der Waals surface area contributed by atoms with Gasteiger partial charge in [-0.25, -0.2) is 0 Å². The molecule has 0 aromatic carbocycles. The van der Waals surface area contributed by atoms with Crippen LogP contribution in [0.25, 0.3) is 0 Å². The van der Waals surface area contributed by atoms with Gasteiger partial charge in [-0.05, 0) is 38.9 Å². The van der Waals surface area contributed by atoms with Crippen molar-refractivity contribution in [3.63, 3.8) is 0 Å². The van der Waals surface area contributed by atoms with Gasteiger partial charge in [-0.2, -0.15) is 13.5 Å². The van der Waals surface area contributed by atoms with Gasteiger partial charge in [-0.3, -0.25) is 0 Å². The Labute approximate surface area is 169 Å². The number of rotatable bonds is 17. The Kier molecular flexibility index (Phi) is 19.9. The minimum Gasteiger partial charge on any atom is -0.379 e. The standard InChI is InChI=1S/C19H40N2O4.H2S.H2/c1-3-5-11-22-13-15-24-17-18-25-16-14-23-12-10-21-8-6-19(7-9-21)20-4-2;;/h19-20H,3-18H2,1-2H3;1H2;1H. The molecular weight excluding hydrogens is 352 g/mol. The van der Waals surface area contributed by atoms with Gasteiger partial charge in [-0.1, -0.05) is 20.3 Å². The van der Waals surface area contributed by atoms with Crippen LogP contribution in [0.1, 0.15) is 41.0 Å². The Hall–Kier alpha value is 0.110. The monoisotopic (exact) mass is 396 g/mol. The lowest BCUT2D eigenvalue weighted by Crippen LogP contribution is -2.43. The minimum atomic E-state index is 0. The molecule has 1 aliphatic rings. The van der Waals surface area contributed by atoms with Crippen LogP contribution < -0.4 is 5.32 Å². The van der Waals surface area contributed by atoms with Crippen LogP contribution in [0, 0.1) is 0 Å². The molecule has 6 nitrogen and oxygen atoms in total. The fraction of sp³-hybridized carbons (Fsp3) is 1.00. The molecule has 0 aliphatic carbocycles. The van der Waals surface area contributed by atoms with E-state index in [1.165, 1.54) is 32.4 Å². The van der Waals surface area contributed by atoms with Crippen LogP contribution in [0.3, 0.4) is 0 Å². The number of nitrogens with one attached hydrogen (secondary N) is 1. The Balaban J connectivity index is 0. The minimum absolute atomic E-state index is 0. The molecule has 0 bridgehead atoms. The number of nitrogens with zero attached hydrogens (tertiary/aromatic N) is 1. The quantitative estimate of drug-likeness (QED) is 0.381. The molecule has 1 fully saturated rings. The maximum absolute atomic E-state index is 5.65. The molecule has 0 atom stereocenters. The van der Waals surface area contributed by atoms with Crippen molar-refractivity contribution >= 4 is 13.5 Å². The number of hydrogen-bond donors (Lipinski definition) is 1. The highest BCUT2D eigenvalue weighted by Crippen LogP contribution is 2.09. The molecule has 0 amide bonds. The fourth-order valence-corrected chi connectivity index (χ4v) is 2.85. The van der Waals surface area contributed by atoms with Crippen molar-refractivity contribution in [1.29, 1.82) is 0 Å². The highest BCUT2D eigenvalue weighted by Gasteiger charge is 2.17. The van der Waals surface area contributed by atoms with E-state index in [2.05, 4.69) is 24.1 Å². The van der Waals surface area contributed by atoms with Gasteiger partial charge in [0.2, 0.25) is 0 Å². The summed E-state index contributed by atoms with van der Waals surface area (Å²) in [7, 11) is 0. The van der Waals surface area contributed by atoms with Crippen molar-refractivity contribution in [1.82, 2.24) is 10.2 Å². The molecule has 1 heterocycles. The zero-order chi connectivity index (χ0) is 18.0. The van der Waals surface area contributed by atoms with Crippen LogP contribution in [0.15, 0.2) is 0 Å². The van der Waals surface area contributed by atoms with Gasteiger partial charge in [0.15, 0.2) is 0 Å². The highest BCUT2D eigenvalue weighted by molar-refractivity contribution is 7.59. The fourth-order valence-electron chi connectivity index (χ4n) is 2.85. The van der Waals surface area contributed by atoms with E-state index in [4.69, 9.17) is 18.9 Å². The third-order valence-electron chi connectivity index (χ3n) is 4.39. The second kappa shape index (κ2) is 19.9. The summed E-state index contributed by atoms with van der Waals surface area (Å²) in [6.07, 6.45) is 4.80. The average Bonchev–Trinajstić information content (AvgIpc) is 2.63. The predicted molar refractivity (Wildman–Crippen MR) is 114 cm³/mol. The summed E-state index contributed by atoms with van der Waals surface area (Å²) in [5.41, 5.74) is 0. The number of piperidine rings is 1. The maximum Gasteiger partial charge on any atom is 0.0701 e. The molecule has 26 heavy (non-hydrogen) atoms. The second-order valence-corrected chi connectivity index (χ2v) is 6.48. The Morgan fingerprint density at radius 3 is 1.81 bits per heavy atom. The average molecular weight is 397 g/mol. The van der Waals surface area contributed by atoms with E-state index < -0.39 is 0 Å². The molecule has 1 N–H and O–H groups in total. The normalized spacial score (nSPS) is 15.9. The van der Waals surface area contributed by atoms with E-state index in [9.17, 15) is 0 Å².